The minimum Gasteiger partial charge on any atom is -0.494 e. The summed E-state index contributed by atoms with van der Waals surface area (Å²) in [5.41, 5.74) is 0.552. The summed E-state index contributed by atoms with van der Waals surface area (Å²) < 4.78 is 32.4. The van der Waals surface area contributed by atoms with Gasteiger partial charge in [0.2, 0.25) is 15.9 Å². The van der Waals surface area contributed by atoms with Crippen LogP contribution >= 0.6 is 0 Å². The number of piperazine rings is 1. The number of nitrogens with zero attached hydrogens (tertiary/aromatic N) is 3. The van der Waals surface area contributed by atoms with Crippen molar-refractivity contribution in [3.05, 3.63) is 54.4 Å². The maximum absolute atomic E-state index is 12.7. The lowest BCUT2D eigenvalue weighted by Gasteiger charge is -2.34. The zero-order chi connectivity index (χ0) is 23.7. The van der Waals surface area contributed by atoms with E-state index in [1.807, 2.05) is 0 Å². The molecule has 178 valence electrons. The number of hydrogen-bond donors (Lipinski definition) is 0. The lowest BCUT2D eigenvalue weighted by Crippen LogP contribution is -2.50. The number of Topliss-reactive ketones (excluding diaryl/α,β-unsaturated/α-hetero) is 1. The molecule has 3 rings (SSSR count). The number of pyridine rings is 1. The zero-order valence-corrected chi connectivity index (χ0v) is 19.8. The minimum atomic E-state index is -3.62. The molecule has 1 aromatic heterocycles. The summed E-state index contributed by atoms with van der Waals surface area (Å²) in [4.78, 5) is 30.7. The van der Waals surface area contributed by atoms with Gasteiger partial charge in [0.15, 0.2) is 5.78 Å². The Morgan fingerprint density at radius 3 is 2.36 bits per heavy atom. The number of unbranched alkanes of at least 4 members (excludes halogenated alkanes) is 2. The number of ether oxygens (including phenoxy) is 1. The second-order valence-electron chi connectivity index (χ2n) is 7.98. The number of aromatic nitrogens is 1. The Bertz CT molecular complexity index is 1020. The first-order valence-electron chi connectivity index (χ1n) is 11.4. The van der Waals surface area contributed by atoms with Gasteiger partial charge in [-0.3, -0.25) is 14.6 Å². The van der Waals surface area contributed by atoms with E-state index >= 15 is 0 Å². The molecule has 0 aliphatic carbocycles. The van der Waals surface area contributed by atoms with Gasteiger partial charge in [0.1, 0.15) is 10.6 Å². The second kappa shape index (κ2) is 11.9. The molecule has 2 aromatic rings. The van der Waals surface area contributed by atoms with Crippen molar-refractivity contribution in [1.82, 2.24) is 14.2 Å². The largest absolute Gasteiger partial charge is 0.494 e. The fourth-order valence-electron chi connectivity index (χ4n) is 3.63. The van der Waals surface area contributed by atoms with Crippen molar-refractivity contribution < 1.29 is 22.7 Å². The van der Waals surface area contributed by atoms with E-state index in [-0.39, 0.29) is 42.5 Å². The molecule has 0 saturated carbocycles. The van der Waals surface area contributed by atoms with Gasteiger partial charge in [0, 0.05) is 57.0 Å². The number of benzene rings is 1. The van der Waals surface area contributed by atoms with Crippen molar-refractivity contribution in [2.45, 2.75) is 43.9 Å². The van der Waals surface area contributed by atoms with Crippen LogP contribution in [0.3, 0.4) is 0 Å². The average Bonchev–Trinajstić information content (AvgIpc) is 2.86. The highest BCUT2D eigenvalue weighted by Crippen LogP contribution is 2.18. The highest BCUT2D eigenvalue weighted by molar-refractivity contribution is 7.89. The van der Waals surface area contributed by atoms with Crippen LogP contribution in [0.5, 0.6) is 5.75 Å². The summed E-state index contributed by atoms with van der Waals surface area (Å²) in [5.74, 6) is 0.495. The number of carbonyl (C=O) groups excluding carboxylic acids is 2. The van der Waals surface area contributed by atoms with Crippen LogP contribution < -0.4 is 4.74 Å². The molecule has 0 spiro atoms. The molecule has 1 saturated heterocycles. The minimum absolute atomic E-state index is 0.0984. The van der Waals surface area contributed by atoms with E-state index in [0.29, 0.717) is 25.3 Å². The van der Waals surface area contributed by atoms with Crippen LogP contribution in [0.15, 0.2) is 53.7 Å². The van der Waals surface area contributed by atoms with E-state index in [0.717, 1.165) is 25.0 Å². The molecule has 9 heteroatoms. The molecular formula is C24H31N3O5S. The summed E-state index contributed by atoms with van der Waals surface area (Å²) in [6.45, 7) is 3.84. The summed E-state index contributed by atoms with van der Waals surface area (Å²) in [6.07, 6.45) is 6.32. The van der Waals surface area contributed by atoms with Crippen molar-refractivity contribution in [1.29, 1.82) is 0 Å². The highest BCUT2D eigenvalue weighted by atomic mass is 32.2. The molecule has 0 unspecified atom stereocenters. The Labute approximate surface area is 195 Å². The van der Waals surface area contributed by atoms with Gasteiger partial charge in [0.05, 0.1) is 6.61 Å². The molecule has 2 heterocycles. The van der Waals surface area contributed by atoms with Gasteiger partial charge in [-0.05, 0) is 42.8 Å². The van der Waals surface area contributed by atoms with Crippen molar-refractivity contribution in [3.63, 3.8) is 0 Å². The number of amides is 1. The predicted molar refractivity (Wildman–Crippen MR) is 125 cm³/mol. The molecule has 8 nitrogen and oxygen atoms in total. The molecule has 0 bridgehead atoms. The van der Waals surface area contributed by atoms with Gasteiger partial charge in [-0.15, -0.1) is 0 Å². The molecular weight excluding hydrogens is 442 g/mol. The molecule has 1 aliphatic heterocycles. The van der Waals surface area contributed by atoms with Gasteiger partial charge in [-0.1, -0.05) is 19.8 Å². The van der Waals surface area contributed by atoms with Crippen LogP contribution in [0.4, 0.5) is 0 Å². The van der Waals surface area contributed by atoms with Gasteiger partial charge in [-0.2, -0.15) is 4.31 Å². The van der Waals surface area contributed by atoms with E-state index in [9.17, 15) is 18.0 Å². The van der Waals surface area contributed by atoms with Crippen LogP contribution in [0, 0.1) is 0 Å². The average molecular weight is 474 g/mol. The van der Waals surface area contributed by atoms with Crippen LogP contribution in [0.1, 0.15) is 49.4 Å². The van der Waals surface area contributed by atoms with E-state index in [1.54, 1.807) is 35.2 Å². The third-order valence-electron chi connectivity index (χ3n) is 5.62. The summed E-state index contributed by atoms with van der Waals surface area (Å²) >= 11 is 0. The summed E-state index contributed by atoms with van der Waals surface area (Å²) in [5, 5.41) is 0. The Morgan fingerprint density at radius 1 is 1.00 bits per heavy atom. The van der Waals surface area contributed by atoms with Crippen LogP contribution in [-0.4, -0.2) is 67.1 Å². The maximum atomic E-state index is 12.7. The second-order valence-corrected chi connectivity index (χ2v) is 9.91. The Kier molecular flexibility index (Phi) is 8.96. The third-order valence-corrected chi connectivity index (χ3v) is 7.50. The van der Waals surface area contributed by atoms with Gasteiger partial charge < -0.3 is 9.64 Å². The van der Waals surface area contributed by atoms with Gasteiger partial charge in [-0.25, -0.2) is 8.42 Å². The van der Waals surface area contributed by atoms with Crippen molar-refractivity contribution >= 4 is 21.7 Å². The first kappa shape index (κ1) is 24.9. The molecule has 0 radical (unpaired) electrons. The highest BCUT2D eigenvalue weighted by Gasteiger charge is 2.30. The van der Waals surface area contributed by atoms with E-state index in [2.05, 4.69) is 11.9 Å². The smallest absolute Gasteiger partial charge is 0.244 e. The van der Waals surface area contributed by atoms with E-state index in [1.165, 1.54) is 22.8 Å². The first-order chi connectivity index (χ1) is 15.9. The van der Waals surface area contributed by atoms with Crippen LogP contribution in [-0.2, 0) is 14.8 Å². The van der Waals surface area contributed by atoms with Crippen LogP contribution in [0.25, 0.3) is 0 Å². The standard InChI is InChI=1S/C24H31N3O5S/c1-2-3-4-18-32-21-9-7-20(8-10-21)23(28)11-12-24(29)26-14-16-27(17-15-26)33(30,31)22-6-5-13-25-19-22/h5-10,13,19H,2-4,11-12,14-18H2,1H3. The molecule has 33 heavy (non-hydrogen) atoms. The predicted octanol–water partition coefficient (Wildman–Crippen LogP) is 3.15. The molecule has 0 N–H and O–H groups in total. The number of sulfonamides is 1. The summed E-state index contributed by atoms with van der Waals surface area (Å²) in [7, 11) is -3.62. The third kappa shape index (κ3) is 6.85. The summed E-state index contributed by atoms with van der Waals surface area (Å²) in [6, 6.07) is 10.1. The van der Waals surface area contributed by atoms with Gasteiger partial charge >= 0.3 is 0 Å². The quantitative estimate of drug-likeness (QED) is 0.367. The van der Waals surface area contributed by atoms with Gasteiger partial charge in [0.25, 0.3) is 0 Å². The molecule has 1 aromatic carbocycles. The van der Waals surface area contributed by atoms with E-state index < -0.39 is 10.0 Å². The van der Waals surface area contributed by atoms with Crippen molar-refractivity contribution in [2.24, 2.45) is 0 Å². The molecule has 0 atom stereocenters. The normalized spacial score (nSPS) is 14.8. The Hall–Kier alpha value is -2.78. The number of carbonyl (C=O) groups is 2. The van der Waals surface area contributed by atoms with Crippen molar-refractivity contribution in [3.8, 4) is 5.75 Å². The molecule has 1 amide bonds. The topological polar surface area (TPSA) is 96.9 Å². The first-order valence-corrected chi connectivity index (χ1v) is 12.8. The zero-order valence-electron chi connectivity index (χ0n) is 19.0. The maximum Gasteiger partial charge on any atom is 0.244 e. The van der Waals surface area contributed by atoms with Crippen LogP contribution in [0.2, 0.25) is 0 Å². The van der Waals surface area contributed by atoms with E-state index in [4.69, 9.17) is 4.74 Å². The lowest BCUT2D eigenvalue weighted by molar-refractivity contribution is -0.132. The molecule has 1 fully saturated rings. The number of rotatable bonds is 11. The Balaban J connectivity index is 1.43. The monoisotopic (exact) mass is 473 g/mol. The lowest BCUT2D eigenvalue weighted by atomic mass is 10.1. The fraction of sp³-hybridized carbons (Fsp3) is 0.458. The van der Waals surface area contributed by atoms with Crippen molar-refractivity contribution in [2.75, 3.05) is 32.8 Å². The number of hydrogen-bond acceptors (Lipinski definition) is 6. The fourth-order valence-corrected chi connectivity index (χ4v) is 5.02. The Morgan fingerprint density at radius 2 is 1.73 bits per heavy atom. The number of ketones is 1. The SMILES string of the molecule is CCCCCOc1ccc(C(=O)CCC(=O)N2CCN(S(=O)(=O)c3cccnc3)CC2)cc1. The molecule has 1 aliphatic rings.